The molecule has 1 fully saturated rings. The predicted octanol–water partition coefficient (Wildman–Crippen LogP) is 5.37. The number of hydrogen-bond acceptors (Lipinski definition) is 3. The average Bonchev–Trinajstić information content (AvgIpc) is 3.25. The zero-order valence-electron chi connectivity index (χ0n) is 16.3. The molecule has 0 spiro atoms. The van der Waals surface area contributed by atoms with Crippen molar-refractivity contribution in [1.82, 2.24) is 4.90 Å². The van der Waals surface area contributed by atoms with Gasteiger partial charge in [-0.15, -0.1) is 11.3 Å². The molecule has 1 aliphatic rings. The van der Waals surface area contributed by atoms with Crippen molar-refractivity contribution in [2.45, 2.75) is 32.4 Å². The fourth-order valence-electron chi connectivity index (χ4n) is 4.01. The molecule has 4 heteroatoms. The van der Waals surface area contributed by atoms with Gasteiger partial charge < -0.3 is 4.90 Å². The summed E-state index contributed by atoms with van der Waals surface area (Å²) in [5.74, 6) is 0.123. The molecule has 0 atom stereocenters. The van der Waals surface area contributed by atoms with Gasteiger partial charge in [0.15, 0.2) is 0 Å². The van der Waals surface area contributed by atoms with Crippen molar-refractivity contribution < 1.29 is 4.79 Å². The molecule has 3 aromatic rings. The Bertz CT molecular complexity index is 899. The van der Waals surface area contributed by atoms with Gasteiger partial charge in [-0.25, -0.2) is 0 Å². The highest BCUT2D eigenvalue weighted by molar-refractivity contribution is 7.12. The third-order valence-corrected chi connectivity index (χ3v) is 6.25. The molecule has 0 unspecified atom stereocenters. The Labute approximate surface area is 171 Å². The Balaban J connectivity index is 1.47. The SMILES string of the molecule is Cc1cccc(CN2CCC(N(C(=O)c3cccs3)c3ccccc3)CC2)c1. The molecule has 28 heavy (non-hydrogen) atoms. The van der Waals surface area contributed by atoms with E-state index < -0.39 is 0 Å². The summed E-state index contributed by atoms with van der Waals surface area (Å²) in [5, 5.41) is 1.97. The minimum absolute atomic E-state index is 0.123. The number of carbonyl (C=O) groups is 1. The van der Waals surface area contributed by atoms with Crippen LogP contribution in [0.4, 0.5) is 5.69 Å². The average molecular weight is 391 g/mol. The van der Waals surface area contributed by atoms with Crippen LogP contribution in [0, 0.1) is 6.92 Å². The van der Waals surface area contributed by atoms with Crippen molar-refractivity contribution >= 4 is 22.9 Å². The number of benzene rings is 2. The van der Waals surface area contributed by atoms with Crippen LogP contribution in [-0.2, 0) is 6.54 Å². The van der Waals surface area contributed by atoms with Gasteiger partial charge in [0.1, 0.15) is 0 Å². The smallest absolute Gasteiger partial charge is 0.268 e. The first-order valence-corrected chi connectivity index (χ1v) is 10.8. The molecule has 1 amide bonds. The molecule has 1 saturated heterocycles. The van der Waals surface area contributed by atoms with E-state index in [0.717, 1.165) is 43.0 Å². The van der Waals surface area contributed by atoms with Gasteiger partial charge in [0.2, 0.25) is 0 Å². The molecule has 0 N–H and O–H groups in total. The molecule has 0 saturated carbocycles. The normalized spacial score (nSPS) is 15.5. The summed E-state index contributed by atoms with van der Waals surface area (Å²) >= 11 is 1.52. The summed E-state index contributed by atoms with van der Waals surface area (Å²) in [4.78, 5) is 18.6. The number of hydrogen-bond donors (Lipinski definition) is 0. The van der Waals surface area contributed by atoms with E-state index in [4.69, 9.17) is 0 Å². The number of thiophene rings is 1. The molecule has 1 aromatic heterocycles. The second-order valence-corrected chi connectivity index (χ2v) is 8.43. The molecular formula is C24H26N2OS. The fraction of sp³-hybridized carbons (Fsp3) is 0.292. The van der Waals surface area contributed by atoms with Crippen LogP contribution in [0.15, 0.2) is 72.1 Å². The van der Waals surface area contributed by atoms with E-state index in [-0.39, 0.29) is 11.9 Å². The number of rotatable bonds is 5. The van der Waals surface area contributed by atoms with E-state index in [9.17, 15) is 4.79 Å². The van der Waals surface area contributed by atoms with E-state index >= 15 is 0 Å². The maximum atomic E-state index is 13.2. The van der Waals surface area contributed by atoms with Crippen LogP contribution in [0.3, 0.4) is 0 Å². The zero-order valence-corrected chi connectivity index (χ0v) is 17.1. The van der Waals surface area contributed by atoms with Crippen LogP contribution < -0.4 is 4.90 Å². The summed E-state index contributed by atoms with van der Waals surface area (Å²) in [7, 11) is 0. The summed E-state index contributed by atoms with van der Waals surface area (Å²) in [6.07, 6.45) is 2.00. The summed E-state index contributed by atoms with van der Waals surface area (Å²) < 4.78 is 0. The molecule has 144 valence electrons. The van der Waals surface area contributed by atoms with Gasteiger partial charge in [0, 0.05) is 31.4 Å². The number of likely N-dealkylation sites (tertiary alicyclic amines) is 1. The van der Waals surface area contributed by atoms with E-state index in [1.165, 1.54) is 22.5 Å². The van der Waals surface area contributed by atoms with Gasteiger partial charge in [-0.05, 0) is 48.9 Å². The number of amides is 1. The highest BCUT2D eigenvalue weighted by atomic mass is 32.1. The largest absolute Gasteiger partial charge is 0.305 e. The van der Waals surface area contributed by atoms with E-state index in [1.807, 2.05) is 52.7 Å². The first-order chi connectivity index (χ1) is 13.7. The highest BCUT2D eigenvalue weighted by Gasteiger charge is 2.30. The van der Waals surface area contributed by atoms with Crippen molar-refractivity contribution in [3.63, 3.8) is 0 Å². The number of carbonyl (C=O) groups excluding carboxylic acids is 1. The second kappa shape index (κ2) is 8.72. The maximum absolute atomic E-state index is 13.2. The summed E-state index contributed by atoms with van der Waals surface area (Å²) in [6.45, 7) is 5.15. The number of anilines is 1. The maximum Gasteiger partial charge on any atom is 0.268 e. The zero-order chi connectivity index (χ0) is 19.3. The van der Waals surface area contributed by atoms with Crippen molar-refractivity contribution in [3.05, 3.63) is 88.1 Å². The van der Waals surface area contributed by atoms with Crippen molar-refractivity contribution in [2.75, 3.05) is 18.0 Å². The fourth-order valence-corrected chi connectivity index (χ4v) is 4.67. The minimum atomic E-state index is 0.123. The van der Waals surface area contributed by atoms with E-state index in [1.54, 1.807) is 0 Å². The first-order valence-electron chi connectivity index (χ1n) is 9.91. The molecule has 0 bridgehead atoms. The lowest BCUT2D eigenvalue weighted by atomic mass is 10.0. The lowest BCUT2D eigenvalue weighted by Gasteiger charge is -2.38. The van der Waals surface area contributed by atoms with Crippen molar-refractivity contribution in [3.8, 4) is 0 Å². The third-order valence-electron chi connectivity index (χ3n) is 5.40. The molecule has 0 radical (unpaired) electrons. The van der Waals surface area contributed by atoms with Crippen molar-refractivity contribution in [2.24, 2.45) is 0 Å². The highest BCUT2D eigenvalue weighted by Crippen LogP contribution is 2.27. The summed E-state index contributed by atoms with van der Waals surface area (Å²) in [5.41, 5.74) is 3.68. The lowest BCUT2D eigenvalue weighted by Crippen LogP contribution is -2.47. The number of piperidine rings is 1. The number of para-hydroxylation sites is 1. The molecule has 0 aliphatic carbocycles. The Morgan fingerprint density at radius 2 is 1.82 bits per heavy atom. The topological polar surface area (TPSA) is 23.6 Å². The Morgan fingerprint density at radius 3 is 2.50 bits per heavy atom. The Kier molecular flexibility index (Phi) is 5.89. The Morgan fingerprint density at radius 1 is 1.04 bits per heavy atom. The molecule has 1 aliphatic heterocycles. The van der Waals surface area contributed by atoms with E-state index in [0.29, 0.717) is 0 Å². The predicted molar refractivity (Wildman–Crippen MR) is 117 cm³/mol. The van der Waals surface area contributed by atoms with Gasteiger partial charge >= 0.3 is 0 Å². The van der Waals surface area contributed by atoms with Gasteiger partial charge in [-0.3, -0.25) is 9.69 Å². The van der Waals surface area contributed by atoms with Crippen LogP contribution >= 0.6 is 11.3 Å². The summed E-state index contributed by atoms with van der Waals surface area (Å²) in [6, 6.07) is 23.0. The van der Waals surface area contributed by atoms with Gasteiger partial charge in [-0.2, -0.15) is 0 Å². The third kappa shape index (κ3) is 4.34. The van der Waals surface area contributed by atoms with Crippen LogP contribution in [0.25, 0.3) is 0 Å². The number of aryl methyl sites for hydroxylation is 1. The van der Waals surface area contributed by atoms with Gasteiger partial charge in [0.05, 0.1) is 4.88 Å². The second-order valence-electron chi connectivity index (χ2n) is 7.48. The van der Waals surface area contributed by atoms with Crippen LogP contribution in [0.2, 0.25) is 0 Å². The molecule has 4 rings (SSSR count). The van der Waals surface area contributed by atoms with Gasteiger partial charge in [-0.1, -0.05) is 54.1 Å². The van der Waals surface area contributed by atoms with Crippen LogP contribution in [-0.4, -0.2) is 29.9 Å². The minimum Gasteiger partial charge on any atom is -0.305 e. The van der Waals surface area contributed by atoms with Crippen molar-refractivity contribution in [1.29, 1.82) is 0 Å². The first kappa shape index (κ1) is 18.9. The molecule has 2 aromatic carbocycles. The molecule has 3 nitrogen and oxygen atoms in total. The quantitative estimate of drug-likeness (QED) is 0.585. The van der Waals surface area contributed by atoms with Crippen LogP contribution in [0.5, 0.6) is 0 Å². The monoisotopic (exact) mass is 390 g/mol. The van der Waals surface area contributed by atoms with Crippen LogP contribution in [0.1, 0.15) is 33.6 Å². The van der Waals surface area contributed by atoms with Gasteiger partial charge in [0.25, 0.3) is 5.91 Å². The Hall–Kier alpha value is -2.43. The molecular weight excluding hydrogens is 364 g/mol. The molecule has 2 heterocycles. The standard InChI is InChI=1S/C24H26N2OS/c1-19-7-5-8-20(17-19)18-25-14-12-22(13-15-25)26(21-9-3-2-4-10-21)24(27)23-11-6-16-28-23/h2-11,16-17,22H,12-15,18H2,1H3. The lowest BCUT2D eigenvalue weighted by molar-refractivity contribution is 0.0962. The van der Waals surface area contributed by atoms with E-state index in [2.05, 4.69) is 36.1 Å². The number of nitrogens with zero attached hydrogens (tertiary/aromatic N) is 2.